The Bertz CT molecular complexity index is 872. The molecule has 2 amide bonds. The number of carbonyl (C=O) groups is 2. The zero-order valence-corrected chi connectivity index (χ0v) is 17.9. The molecule has 0 atom stereocenters. The van der Waals surface area contributed by atoms with Crippen LogP contribution >= 0.6 is 0 Å². The number of carbonyl (C=O) groups excluding carboxylic acids is 2. The fraction of sp³-hybridized carbons (Fsp3) is 0.526. The number of amides is 2. The summed E-state index contributed by atoms with van der Waals surface area (Å²) in [6.45, 7) is 1.13. The van der Waals surface area contributed by atoms with Crippen molar-refractivity contribution in [1.29, 1.82) is 0 Å². The van der Waals surface area contributed by atoms with Gasteiger partial charge in [-0.2, -0.15) is 0 Å². The number of nitrogens with two attached hydrogens (primary N) is 1. The number of hydrogen-bond donors (Lipinski definition) is 3. The lowest BCUT2D eigenvalue weighted by molar-refractivity contribution is -0.121. The number of primary amides is 1. The average molecular weight is 440 g/mol. The van der Waals surface area contributed by atoms with Gasteiger partial charge in [0.05, 0.1) is 24.6 Å². The van der Waals surface area contributed by atoms with Crippen LogP contribution in [0.5, 0.6) is 0 Å². The lowest BCUT2D eigenvalue weighted by Crippen LogP contribution is -2.40. The van der Waals surface area contributed by atoms with E-state index in [1.54, 1.807) is 17.0 Å². The summed E-state index contributed by atoms with van der Waals surface area (Å²) in [5, 5.41) is 2.65. The SMILES string of the molecule is COCCN(CC(N)=O)CC(=O)Nc1cccc(S(=O)(=O)NC2=NCCCCC2)c1. The normalized spacial score (nSPS) is 14.7. The van der Waals surface area contributed by atoms with Crippen molar-refractivity contribution in [1.82, 2.24) is 9.62 Å². The number of rotatable bonds is 10. The van der Waals surface area contributed by atoms with Gasteiger partial charge in [0.1, 0.15) is 5.84 Å². The number of hydrogen-bond acceptors (Lipinski definition) is 7. The number of sulfonamides is 1. The van der Waals surface area contributed by atoms with Crippen LogP contribution in [-0.4, -0.2) is 70.9 Å². The summed E-state index contributed by atoms with van der Waals surface area (Å²) in [4.78, 5) is 29.4. The Morgan fingerprint density at radius 1 is 1.23 bits per heavy atom. The fourth-order valence-electron chi connectivity index (χ4n) is 2.97. The minimum absolute atomic E-state index is 0.0284. The van der Waals surface area contributed by atoms with Gasteiger partial charge >= 0.3 is 0 Å². The minimum atomic E-state index is -3.81. The molecule has 0 fully saturated rings. The number of amidine groups is 1. The van der Waals surface area contributed by atoms with Gasteiger partial charge in [-0.3, -0.25) is 24.2 Å². The highest BCUT2D eigenvalue weighted by Crippen LogP contribution is 2.16. The molecule has 2 rings (SSSR count). The Balaban J connectivity index is 2.03. The molecule has 1 aliphatic heterocycles. The predicted octanol–water partition coefficient (Wildman–Crippen LogP) is 0.310. The van der Waals surface area contributed by atoms with Gasteiger partial charge in [0.15, 0.2) is 0 Å². The van der Waals surface area contributed by atoms with Crippen molar-refractivity contribution in [2.45, 2.75) is 30.6 Å². The number of benzene rings is 1. The maximum Gasteiger partial charge on any atom is 0.262 e. The van der Waals surface area contributed by atoms with E-state index < -0.39 is 21.8 Å². The van der Waals surface area contributed by atoms with Crippen molar-refractivity contribution in [2.75, 3.05) is 45.2 Å². The second kappa shape index (κ2) is 11.6. The van der Waals surface area contributed by atoms with Crippen molar-refractivity contribution in [2.24, 2.45) is 10.7 Å². The largest absolute Gasteiger partial charge is 0.383 e. The summed E-state index contributed by atoms with van der Waals surface area (Å²) in [5.41, 5.74) is 5.54. The Labute approximate surface area is 176 Å². The van der Waals surface area contributed by atoms with E-state index in [0.29, 0.717) is 37.6 Å². The number of aliphatic imine (C=N–C) groups is 1. The number of nitrogens with one attached hydrogen (secondary N) is 2. The van der Waals surface area contributed by atoms with E-state index in [1.165, 1.54) is 19.2 Å². The third-order valence-corrected chi connectivity index (χ3v) is 5.79. The molecule has 0 radical (unpaired) electrons. The van der Waals surface area contributed by atoms with Gasteiger partial charge in [-0.1, -0.05) is 12.5 Å². The Morgan fingerprint density at radius 3 is 2.77 bits per heavy atom. The molecule has 11 heteroatoms. The Kier molecular flexibility index (Phi) is 9.21. The van der Waals surface area contributed by atoms with Gasteiger partial charge in [-0.25, -0.2) is 8.42 Å². The zero-order chi connectivity index (χ0) is 22.0. The van der Waals surface area contributed by atoms with Crippen LogP contribution in [-0.2, 0) is 24.3 Å². The predicted molar refractivity (Wildman–Crippen MR) is 114 cm³/mol. The smallest absolute Gasteiger partial charge is 0.262 e. The first-order chi connectivity index (χ1) is 14.3. The van der Waals surface area contributed by atoms with E-state index in [0.717, 1.165) is 19.3 Å². The molecular formula is C19H29N5O5S. The number of anilines is 1. The summed E-state index contributed by atoms with van der Waals surface area (Å²) < 4.78 is 32.9. The lowest BCUT2D eigenvalue weighted by Gasteiger charge is -2.19. The van der Waals surface area contributed by atoms with Gasteiger partial charge in [0, 0.05) is 32.3 Å². The van der Waals surface area contributed by atoms with Crippen molar-refractivity contribution >= 4 is 33.4 Å². The molecule has 0 saturated carbocycles. The summed E-state index contributed by atoms with van der Waals surface area (Å²) in [7, 11) is -2.29. The van der Waals surface area contributed by atoms with Crippen molar-refractivity contribution in [3.05, 3.63) is 24.3 Å². The first kappa shape index (κ1) is 23.8. The van der Waals surface area contributed by atoms with Crippen LogP contribution in [0.4, 0.5) is 5.69 Å². The molecular weight excluding hydrogens is 410 g/mol. The topological polar surface area (TPSA) is 143 Å². The second-order valence-electron chi connectivity index (χ2n) is 6.99. The summed E-state index contributed by atoms with van der Waals surface area (Å²) in [5.74, 6) is -0.496. The molecule has 10 nitrogen and oxygen atoms in total. The molecule has 0 saturated heterocycles. The third-order valence-electron chi connectivity index (χ3n) is 4.41. The maximum atomic E-state index is 12.7. The van der Waals surface area contributed by atoms with E-state index in [2.05, 4.69) is 15.0 Å². The van der Waals surface area contributed by atoms with Gasteiger partial charge in [-0.15, -0.1) is 0 Å². The zero-order valence-electron chi connectivity index (χ0n) is 17.1. The van der Waals surface area contributed by atoms with Gasteiger partial charge < -0.3 is 15.8 Å². The van der Waals surface area contributed by atoms with Crippen LogP contribution in [0.2, 0.25) is 0 Å². The van der Waals surface area contributed by atoms with E-state index in [-0.39, 0.29) is 18.0 Å². The van der Waals surface area contributed by atoms with Crippen molar-refractivity contribution < 1.29 is 22.7 Å². The molecule has 0 bridgehead atoms. The van der Waals surface area contributed by atoms with Crippen LogP contribution in [0.1, 0.15) is 25.7 Å². The van der Waals surface area contributed by atoms with Crippen molar-refractivity contribution in [3.8, 4) is 0 Å². The number of methoxy groups -OCH3 is 1. The quantitative estimate of drug-likeness (QED) is 0.479. The monoisotopic (exact) mass is 439 g/mol. The van der Waals surface area contributed by atoms with E-state index in [1.807, 2.05) is 0 Å². The lowest BCUT2D eigenvalue weighted by atomic mass is 10.2. The Morgan fingerprint density at radius 2 is 2.03 bits per heavy atom. The maximum absolute atomic E-state index is 12.7. The standard InChI is InChI=1S/C19H29N5O5S/c1-29-11-10-24(13-17(20)25)14-19(26)22-15-6-5-7-16(12-15)30(27,28)23-18-8-3-2-4-9-21-18/h5-7,12H,2-4,8-11,13-14H2,1H3,(H2,20,25)(H,21,23)(H,22,26). The Hall–Kier alpha value is -2.50. The van der Waals surface area contributed by atoms with Crippen LogP contribution in [0, 0.1) is 0 Å². The molecule has 166 valence electrons. The summed E-state index contributed by atoms with van der Waals surface area (Å²) in [6, 6.07) is 5.97. The number of nitrogens with zero attached hydrogens (tertiary/aromatic N) is 2. The molecule has 0 unspecified atom stereocenters. The minimum Gasteiger partial charge on any atom is -0.383 e. The van der Waals surface area contributed by atoms with Crippen LogP contribution in [0.15, 0.2) is 34.2 Å². The van der Waals surface area contributed by atoms with E-state index in [4.69, 9.17) is 10.5 Å². The molecule has 0 spiro atoms. The van der Waals surface area contributed by atoms with Crippen molar-refractivity contribution in [3.63, 3.8) is 0 Å². The van der Waals surface area contributed by atoms with E-state index in [9.17, 15) is 18.0 Å². The third kappa shape index (κ3) is 8.09. The molecule has 4 N–H and O–H groups in total. The molecule has 1 heterocycles. The first-order valence-electron chi connectivity index (χ1n) is 9.76. The van der Waals surface area contributed by atoms with Crippen LogP contribution < -0.4 is 15.8 Å². The summed E-state index contributed by atoms with van der Waals surface area (Å²) in [6.07, 6.45) is 3.45. The highest BCUT2D eigenvalue weighted by molar-refractivity contribution is 7.90. The van der Waals surface area contributed by atoms with Gasteiger partial charge in [-0.05, 0) is 31.0 Å². The van der Waals surface area contributed by atoms with Gasteiger partial charge in [0.2, 0.25) is 11.8 Å². The molecule has 0 aliphatic carbocycles. The van der Waals surface area contributed by atoms with E-state index >= 15 is 0 Å². The highest BCUT2D eigenvalue weighted by Gasteiger charge is 2.18. The van der Waals surface area contributed by atoms with Crippen LogP contribution in [0.25, 0.3) is 0 Å². The molecule has 1 aliphatic rings. The average Bonchev–Trinajstić information content (AvgIpc) is 2.94. The molecule has 1 aromatic rings. The highest BCUT2D eigenvalue weighted by atomic mass is 32.2. The second-order valence-corrected chi connectivity index (χ2v) is 8.67. The molecule has 30 heavy (non-hydrogen) atoms. The first-order valence-corrected chi connectivity index (χ1v) is 11.2. The van der Waals surface area contributed by atoms with Gasteiger partial charge in [0.25, 0.3) is 10.0 Å². The fourth-order valence-corrected chi connectivity index (χ4v) is 4.11. The molecule has 1 aromatic carbocycles. The number of ether oxygens (including phenoxy) is 1. The summed E-state index contributed by atoms with van der Waals surface area (Å²) >= 11 is 0. The van der Waals surface area contributed by atoms with Crippen LogP contribution in [0.3, 0.4) is 0 Å². The molecule has 0 aromatic heterocycles.